The first-order chi connectivity index (χ1) is 22.2. The van der Waals surface area contributed by atoms with Crippen molar-refractivity contribution in [2.24, 2.45) is 17.8 Å². The van der Waals surface area contributed by atoms with Crippen molar-refractivity contribution in [3.63, 3.8) is 0 Å². The van der Waals surface area contributed by atoms with Crippen molar-refractivity contribution in [2.75, 3.05) is 14.1 Å². The number of rotatable bonds is 9. The highest BCUT2D eigenvalue weighted by atomic mass is 16.2. The normalized spacial score (nSPS) is 23.8. The Bertz CT molecular complexity index is 1360. The van der Waals surface area contributed by atoms with Crippen LogP contribution in [-0.2, 0) is 36.8 Å². The fourth-order valence-electron chi connectivity index (χ4n) is 5.99. The van der Waals surface area contributed by atoms with Gasteiger partial charge in [-0.3, -0.25) is 24.0 Å². The third-order valence-electron chi connectivity index (χ3n) is 8.67. The number of hydrogen-bond donors (Lipinski definition) is 3. The molecule has 3 rings (SSSR count). The zero-order chi connectivity index (χ0) is 34.8. The van der Waals surface area contributed by atoms with Crippen LogP contribution in [0, 0.1) is 17.8 Å². The molecule has 1 saturated heterocycles. The van der Waals surface area contributed by atoms with E-state index in [1.807, 2.05) is 102 Å². The zero-order valence-corrected chi connectivity index (χ0v) is 29.2. The van der Waals surface area contributed by atoms with Crippen molar-refractivity contribution >= 4 is 29.5 Å². The Morgan fingerprint density at radius 2 is 1.00 bits per heavy atom. The van der Waals surface area contributed by atoms with Gasteiger partial charge in [0.25, 0.3) is 0 Å². The monoisotopic (exact) mass is 647 g/mol. The van der Waals surface area contributed by atoms with E-state index in [2.05, 4.69) is 16.0 Å². The van der Waals surface area contributed by atoms with Crippen LogP contribution in [-0.4, -0.2) is 83.6 Å². The lowest BCUT2D eigenvalue weighted by atomic mass is 9.97. The van der Waals surface area contributed by atoms with Gasteiger partial charge >= 0.3 is 0 Å². The molecule has 256 valence electrons. The van der Waals surface area contributed by atoms with Crippen LogP contribution in [0.2, 0.25) is 0 Å². The second kappa shape index (κ2) is 17.1. The van der Waals surface area contributed by atoms with Gasteiger partial charge in [0.2, 0.25) is 29.5 Å². The number of benzene rings is 2. The maximum absolute atomic E-state index is 14.4. The van der Waals surface area contributed by atoms with Crippen molar-refractivity contribution in [1.82, 2.24) is 25.8 Å². The van der Waals surface area contributed by atoms with Crippen LogP contribution in [0.5, 0.6) is 0 Å². The molecular weight excluding hydrogens is 594 g/mol. The van der Waals surface area contributed by atoms with Gasteiger partial charge in [-0.15, -0.1) is 0 Å². The summed E-state index contributed by atoms with van der Waals surface area (Å²) >= 11 is 0. The van der Waals surface area contributed by atoms with E-state index in [4.69, 9.17) is 0 Å². The molecule has 0 bridgehead atoms. The second-order valence-electron chi connectivity index (χ2n) is 13.9. The summed E-state index contributed by atoms with van der Waals surface area (Å²) in [5, 5.41) is 8.78. The minimum absolute atomic E-state index is 0.0505. The molecule has 0 aromatic heterocycles. The second-order valence-corrected chi connectivity index (χ2v) is 13.9. The smallest absolute Gasteiger partial charge is 0.245 e. The van der Waals surface area contributed by atoms with Crippen LogP contribution in [0.1, 0.15) is 65.5 Å². The van der Waals surface area contributed by atoms with Crippen LogP contribution in [0.25, 0.3) is 0 Å². The molecule has 2 aromatic carbocycles. The highest BCUT2D eigenvalue weighted by molar-refractivity contribution is 5.98. The van der Waals surface area contributed by atoms with Crippen LogP contribution in [0.15, 0.2) is 60.7 Å². The Hall–Kier alpha value is -4.21. The SMILES string of the molecule is CC(C)C[C@@H]1NC(=O)[C@H](C(C)C)NC(=O)[C@@H](Cc2ccccc2)N(C)C(=O)[C@H](Cc2ccccc2)NC(=O)[C@@H](CC(C)C)N(C)C1=O. The average molecular weight is 648 g/mol. The Kier molecular flexibility index (Phi) is 13.5. The third-order valence-corrected chi connectivity index (χ3v) is 8.67. The predicted molar refractivity (Wildman–Crippen MR) is 183 cm³/mol. The molecule has 0 spiro atoms. The lowest BCUT2D eigenvalue weighted by Crippen LogP contribution is -2.59. The van der Waals surface area contributed by atoms with Crippen LogP contribution in [0.4, 0.5) is 0 Å². The number of carbonyl (C=O) groups excluding carboxylic acids is 5. The summed E-state index contributed by atoms with van der Waals surface area (Å²) in [6.07, 6.45) is 1.08. The molecule has 10 nitrogen and oxygen atoms in total. The lowest BCUT2D eigenvalue weighted by Gasteiger charge is -2.34. The number of hydrogen-bond acceptors (Lipinski definition) is 5. The molecule has 0 saturated carbocycles. The molecule has 0 unspecified atom stereocenters. The summed E-state index contributed by atoms with van der Waals surface area (Å²) in [6.45, 7) is 11.5. The third kappa shape index (κ3) is 10.4. The number of carbonyl (C=O) groups is 5. The van der Waals surface area contributed by atoms with Gasteiger partial charge in [0, 0.05) is 26.9 Å². The van der Waals surface area contributed by atoms with Crippen LogP contribution >= 0.6 is 0 Å². The molecule has 10 heteroatoms. The van der Waals surface area contributed by atoms with Crippen LogP contribution < -0.4 is 16.0 Å². The lowest BCUT2D eigenvalue weighted by molar-refractivity contribution is -0.144. The highest BCUT2D eigenvalue weighted by Crippen LogP contribution is 2.19. The van der Waals surface area contributed by atoms with Gasteiger partial charge in [-0.2, -0.15) is 0 Å². The van der Waals surface area contributed by atoms with Crippen molar-refractivity contribution in [1.29, 1.82) is 0 Å². The first-order valence-electron chi connectivity index (χ1n) is 16.7. The molecule has 1 fully saturated rings. The number of likely N-dealkylation sites (N-methyl/N-ethyl adjacent to an activating group) is 2. The Balaban J connectivity index is 2.17. The van der Waals surface area contributed by atoms with Crippen LogP contribution in [0.3, 0.4) is 0 Å². The summed E-state index contributed by atoms with van der Waals surface area (Å²) in [5.74, 6) is -2.52. The number of amides is 5. The van der Waals surface area contributed by atoms with E-state index >= 15 is 0 Å². The molecule has 2 aromatic rings. The average Bonchev–Trinajstić information content (AvgIpc) is 3.02. The first-order valence-corrected chi connectivity index (χ1v) is 16.7. The molecular formula is C37H53N5O5. The Morgan fingerprint density at radius 3 is 1.51 bits per heavy atom. The maximum Gasteiger partial charge on any atom is 0.245 e. The standard InChI is InChI=1S/C37H53N5O5/c1-23(2)19-28-36(46)41(7)30(20-24(3)4)33(43)38-29(21-26-15-11-9-12-16-26)37(47)42(8)31(22-27-17-13-10-14-18-27)34(44)40-32(25(5)6)35(45)39-28/h9-18,23-25,28-32H,19-22H2,1-8H3,(H,38,43)(H,39,45)(H,40,44)/t28-,29-,30+,31+,32-/m0/s1. The molecule has 3 N–H and O–H groups in total. The summed E-state index contributed by atoms with van der Waals surface area (Å²) in [6, 6.07) is 14.0. The largest absolute Gasteiger partial charge is 0.342 e. The highest BCUT2D eigenvalue weighted by Gasteiger charge is 2.39. The van der Waals surface area contributed by atoms with Crippen molar-refractivity contribution < 1.29 is 24.0 Å². The van der Waals surface area contributed by atoms with E-state index in [9.17, 15) is 24.0 Å². The Morgan fingerprint density at radius 1 is 0.553 bits per heavy atom. The van der Waals surface area contributed by atoms with Gasteiger partial charge in [-0.1, -0.05) is 102 Å². The minimum atomic E-state index is -1.02. The summed E-state index contributed by atoms with van der Waals surface area (Å²) in [5.41, 5.74) is 1.67. The molecule has 47 heavy (non-hydrogen) atoms. The van der Waals surface area contributed by atoms with E-state index in [0.29, 0.717) is 12.8 Å². The molecule has 5 amide bonds. The number of nitrogens with one attached hydrogen (secondary N) is 3. The minimum Gasteiger partial charge on any atom is -0.342 e. The predicted octanol–water partition coefficient (Wildman–Crippen LogP) is 3.34. The van der Waals surface area contributed by atoms with Gasteiger partial charge in [-0.05, 0) is 41.7 Å². The Labute approximate surface area is 280 Å². The van der Waals surface area contributed by atoms with E-state index in [1.54, 1.807) is 14.1 Å². The van der Waals surface area contributed by atoms with E-state index < -0.39 is 59.7 Å². The topological polar surface area (TPSA) is 128 Å². The molecule has 0 aliphatic carbocycles. The summed E-state index contributed by atoms with van der Waals surface area (Å²) in [4.78, 5) is 73.3. The van der Waals surface area contributed by atoms with Gasteiger partial charge < -0.3 is 25.8 Å². The van der Waals surface area contributed by atoms with E-state index in [0.717, 1.165) is 11.1 Å². The van der Waals surface area contributed by atoms with E-state index in [1.165, 1.54) is 9.80 Å². The van der Waals surface area contributed by atoms with Crippen molar-refractivity contribution in [3.05, 3.63) is 71.8 Å². The molecule has 1 heterocycles. The van der Waals surface area contributed by atoms with Gasteiger partial charge in [-0.25, -0.2) is 0 Å². The fraction of sp³-hybridized carbons (Fsp3) is 0.541. The maximum atomic E-state index is 14.4. The first kappa shape index (κ1) is 37.2. The fourth-order valence-corrected chi connectivity index (χ4v) is 5.99. The zero-order valence-electron chi connectivity index (χ0n) is 29.2. The van der Waals surface area contributed by atoms with Crippen molar-refractivity contribution in [3.8, 4) is 0 Å². The molecule has 5 atom stereocenters. The summed E-state index contributed by atoms with van der Waals surface area (Å²) in [7, 11) is 3.13. The summed E-state index contributed by atoms with van der Waals surface area (Å²) < 4.78 is 0. The van der Waals surface area contributed by atoms with Gasteiger partial charge in [0.05, 0.1) is 0 Å². The van der Waals surface area contributed by atoms with E-state index in [-0.39, 0.29) is 30.6 Å². The molecule has 0 radical (unpaired) electrons. The number of nitrogens with zero attached hydrogens (tertiary/aromatic N) is 2. The van der Waals surface area contributed by atoms with Crippen molar-refractivity contribution in [2.45, 2.75) is 97.4 Å². The van der Waals surface area contributed by atoms with Gasteiger partial charge in [0.1, 0.15) is 30.2 Å². The molecule has 1 aliphatic heterocycles. The quantitative estimate of drug-likeness (QED) is 0.385. The molecule has 1 aliphatic rings. The van der Waals surface area contributed by atoms with Gasteiger partial charge in [0.15, 0.2) is 0 Å².